The molecule has 0 spiro atoms. The molecule has 0 unspecified atom stereocenters. The van der Waals surface area contributed by atoms with Crippen LogP contribution in [0.15, 0.2) is 24.5 Å². The molecule has 1 atom stereocenters. The molecule has 1 fully saturated rings. The van der Waals surface area contributed by atoms with Crippen molar-refractivity contribution in [2.75, 3.05) is 0 Å². The Morgan fingerprint density at radius 2 is 2.20 bits per heavy atom. The van der Waals surface area contributed by atoms with Crippen molar-refractivity contribution < 1.29 is 4.79 Å². The molecule has 1 aliphatic carbocycles. The summed E-state index contributed by atoms with van der Waals surface area (Å²) in [4.78, 5) is 24.1. The number of carbonyl (C=O) groups excluding carboxylic acids is 1. The molecule has 0 aromatic carbocycles. The third kappa shape index (κ3) is 2.57. The van der Waals surface area contributed by atoms with Gasteiger partial charge in [0.2, 0.25) is 0 Å². The van der Waals surface area contributed by atoms with Crippen LogP contribution < -0.4 is 5.32 Å². The van der Waals surface area contributed by atoms with Gasteiger partial charge in [0.1, 0.15) is 0 Å². The lowest BCUT2D eigenvalue weighted by molar-refractivity contribution is 0.0929. The van der Waals surface area contributed by atoms with Crippen LogP contribution in [0.5, 0.6) is 0 Å². The van der Waals surface area contributed by atoms with Gasteiger partial charge in [-0.25, -0.2) is 9.97 Å². The number of nitrogens with one attached hydrogen (secondary N) is 2. The number of aryl methyl sites for hydroxylation is 2. The molecule has 5 heteroatoms. The summed E-state index contributed by atoms with van der Waals surface area (Å²) in [5.41, 5.74) is 2.48. The molecular formula is C15H18N4O. The lowest BCUT2D eigenvalue weighted by Crippen LogP contribution is -2.31. The number of carbonyl (C=O) groups is 1. The van der Waals surface area contributed by atoms with E-state index in [1.807, 2.05) is 19.9 Å². The smallest absolute Gasteiger partial charge is 0.253 e. The van der Waals surface area contributed by atoms with Crippen molar-refractivity contribution in [3.8, 4) is 0 Å². The zero-order valence-corrected chi connectivity index (χ0v) is 11.7. The number of hydrogen-bond acceptors (Lipinski definition) is 3. The summed E-state index contributed by atoms with van der Waals surface area (Å²) < 4.78 is 0. The zero-order chi connectivity index (χ0) is 14.1. The van der Waals surface area contributed by atoms with Crippen molar-refractivity contribution in [1.29, 1.82) is 0 Å². The van der Waals surface area contributed by atoms with Crippen LogP contribution in [0.1, 0.15) is 46.5 Å². The quantitative estimate of drug-likeness (QED) is 0.895. The number of aromatic nitrogens is 3. The summed E-state index contributed by atoms with van der Waals surface area (Å²) in [6.07, 6.45) is 5.77. The number of rotatable bonds is 4. The summed E-state index contributed by atoms with van der Waals surface area (Å²) in [7, 11) is 0. The van der Waals surface area contributed by atoms with E-state index in [4.69, 9.17) is 0 Å². The number of H-pyrrole nitrogens is 1. The lowest BCUT2D eigenvalue weighted by Gasteiger charge is -2.17. The van der Waals surface area contributed by atoms with Crippen LogP contribution in [0.3, 0.4) is 0 Å². The Bertz CT molecular complexity index is 630. The predicted molar refractivity (Wildman–Crippen MR) is 75.2 cm³/mol. The second-order valence-corrected chi connectivity index (χ2v) is 5.36. The first-order chi connectivity index (χ1) is 9.65. The van der Waals surface area contributed by atoms with E-state index in [0.29, 0.717) is 17.3 Å². The highest BCUT2D eigenvalue weighted by Gasteiger charge is 2.35. The fraction of sp³-hybridized carbons (Fsp3) is 0.400. The average molecular weight is 270 g/mol. The van der Waals surface area contributed by atoms with E-state index in [-0.39, 0.29) is 11.9 Å². The largest absolute Gasteiger partial charge is 0.365 e. The van der Waals surface area contributed by atoms with E-state index in [1.54, 1.807) is 18.5 Å². The first kappa shape index (κ1) is 12.8. The van der Waals surface area contributed by atoms with E-state index in [0.717, 1.165) is 24.2 Å². The van der Waals surface area contributed by atoms with E-state index in [9.17, 15) is 4.79 Å². The van der Waals surface area contributed by atoms with Crippen molar-refractivity contribution in [3.63, 3.8) is 0 Å². The Hall–Kier alpha value is -2.17. The third-order valence-corrected chi connectivity index (χ3v) is 3.67. The fourth-order valence-electron chi connectivity index (χ4n) is 2.36. The molecule has 20 heavy (non-hydrogen) atoms. The summed E-state index contributed by atoms with van der Waals surface area (Å²) in [5.74, 6) is 1.11. The standard InChI is InChI=1S/C15H18N4O/c1-9-5-7-17-14(18-9)13(11-3-4-11)19-15(20)12-6-8-16-10(12)2/h5-8,11,13,16H,3-4H2,1-2H3,(H,19,20)/t13-/m0/s1. The summed E-state index contributed by atoms with van der Waals surface area (Å²) in [6.45, 7) is 3.83. The van der Waals surface area contributed by atoms with Gasteiger partial charge < -0.3 is 10.3 Å². The second kappa shape index (κ2) is 5.07. The third-order valence-electron chi connectivity index (χ3n) is 3.67. The molecule has 3 rings (SSSR count). The summed E-state index contributed by atoms with van der Waals surface area (Å²) >= 11 is 0. The predicted octanol–water partition coefficient (Wildman–Crippen LogP) is 2.30. The van der Waals surface area contributed by atoms with E-state index < -0.39 is 0 Å². The highest BCUT2D eigenvalue weighted by molar-refractivity contribution is 5.95. The molecule has 0 radical (unpaired) electrons. The van der Waals surface area contributed by atoms with Crippen molar-refractivity contribution in [2.24, 2.45) is 5.92 Å². The second-order valence-electron chi connectivity index (χ2n) is 5.36. The summed E-state index contributed by atoms with van der Waals surface area (Å²) in [5, 5.41) is 3.08. The normalized spacial score (nSPS) is 15.9. The SMILES string of the molecule is Cc1ccnc([C@@H](NC(=O)c2cc[nH]c2C)C2CC2)n1. The Morgan fingerprint density at radius 3 is 2.80 bits per heavy atom. The van der Waals surface area contributed by atoms with Crippen molar-refractivity contribution in [1.82, 2.24) is 20.3 Å². The maximum absolute atomic E-state index is 12.3. The Labute approximate surface area is 117 Å². The first-order valence-corrected chi connectivity index (χ1v) is 6.89. The molecule has 104 valence electrons. The van der Waals surface area contributed by atoms with Crippen molar-refractivity contribution >= 4 is 5.91 Å². The first-order valence-electron chi connectivity index (χ1n) is 6.89. The number of nitrogens with zero attached hydrogens (tertiary/aromatic N) is 2. The minimum atomic E-state index is -0.0864. The highest BCUT2D eigenvalue weighted by Crippen LogP contribution is 2.40. The summed E-state index contributed by atoms with van der Waals surface area (Å²) in [6, 6.07) is 3.58. The van der Waals surface area contributed by atoms with Gasteiger partial charge in [0.15, 0.2) is 5.82 Å². The number of hydrogen-bond donors (Lipinski definition) is 2. The average Bonchev–Trinajstić information content (AvgIpc) is 3.17. The van der Waals surface area contributed by atoms with Gasteiger partial charge in [-0.05, 0) is 44.7 Å². The fourth-order valence-corrected chi connectivity index (χ4v) is 2.36. The van der Waals surface area contributed by atoms with Crippen LogP contribution in [-0.4, -0.2) is 20.9 Å². The molecule has 5 nitrogen and oxygen atoms in total. The molecule has 2 aromatic heterocycles. The molecule has 1 aliphatic rings. The van der Waals surface area contributed by atoms with Gasteiger partial charge in [-0.1, -0.05) is 0 Å². The lowest BCUT2D eigenvalue weighted by atomic mass is 10.1. The highest BCUT2D eigenvalue weighted by atomic mass is 16.1. The molecule has 2 heterocycles. The topological polar surface area (TPSA) is 70.7 Å². The van der Waals surface area contributed by atoms with Crippen LogP contribution in [0.4, 0.5) is 0 Å². The van der Waals surface area contributed by atoms with E-state index in [2.05, 4.69) is 20.3 Å². The molecule has 0 aliphatic heterocycles. The van der Waals surface area contributed by atoms with Crippen LogP contribution >= 0.6 is 0 Å². The molecule has 1 amide bonds. The van der Waals surface area contributed by atoms with Crippen LogP contribution in [0.2, 0.25) is 0 Å². The van der Waals surface area contributed by atoms with Crippen molar-refractivity contribution in [3.05, 3.63) is 47.3 Å². The van der Waals surface area contributed by atoms with Crippen LogP contribution in [0, 0.1) is 19.8 Å². The molecule has 2 N–H and O–H groups in total. The minimum Gasteiger partial charge on any atom is -0.365 e. The zero-order valence-electron chi connectivity index (χ0n) is 11.7. The Kier molecular flexibility index (Phi) is 3.26. The van der Waals surface area contributed by atoms with Gasteiger partial charge in [-0.3, -0.25) is 4.79 Å². The van der Waals surface area contributed by atoms with Crippen LogP contribution in [-0.2, 0) is 0 Å². The molecule has 0 bridgehead atoms. The van der Waals surface area contributed by atoms with Gasteiger partial charge >= 0.3 is 0 Å². The minimum absolute atomic E-state index is 0.0641. The number of amides is 1. The van der Waals surface area contributed by atoms with Gasteiger partial charge in [-0.15, -0.1) is 0 Å². The van der Waals surface area contributed by atoms with Crippen molar-refractivity contribution in [2.45, 2.75) is 32.7 Å². The maximum atomic E-state index is 12.3. The molecule has 1 saturated carbocycles. The van der Waals surface area contributed by atoms with E-state index in [1.165, 1.54) is 0 Å². The molecule has 2 aromatic rings. The number of aromatic amines is 1. The monoisotopic (exact) mass is 270 g/mol. The van der Waals surface area contributed by atoms with Gasteiger partial charge in [-0.2, -0.15) is 0 Å². The van der Waals surface area contributed by atoms with E-state index >= 15 is 0 Å². The molecular weight excluding hydrogens is 252 g/mol. The Balaban J connectivity index is 1.82. The van der Waals surface area contributed by atoms with Crippen LogP contribution in [0.25, 0.3) is 0 Å². The van der Waals surface area contributed by atoms with Gasteiger partial charge in [0.25, 0.3) is 5.91 Å². The molecule has 0 saturated heterocycles. The Morgan fingerprint density at radius 1 is 1.40 bits per heavy atom. The van der Waals surface area contributed by atoms with Gasteiger partial charge in [0, 0.05) is 23.8 Å². The maximum Gasteiger partial charge on any atom is 0.253 e. The van der Waals surface area contributed by atoms with Gasteiger partial charge in [0.05, 0.1) is 11.6 Å².